The van der Waals surface area contributed by atoms with Gasteiger partial charge in [-0.1, -0.05) is 11.6 Å². The van der Waals surface area contributed by atoms with Crippen LogP contribution in [0.5, 0.6) is 0 Å². The smallest absolute Gasteiger partial charge is 0.0844 e. The lowest BCUT2D eigenvalue weighted by atomic mass is 10.4. The average molecular weight is 306 g/mol. The van der Waals surface area contributed by atoms with E-state index in [1.165, 1.54) is 4.88 Å². The van der Waals surface area contributed by atoms with Crippen molar-refractivity contribution in [2.24, 2.45) is 0 Å². The van der Waals surface area contributed by atoms with Gasteiger partial charge in [0.25, 0.3) is 0 Å². The van der Waals surface area contributed by atoms with Crippen molar-refractivity contribution in [2.45, 2.75) is 20.4 Å². The zero-order chi connectivity index (χ0) is 11.0. The molecule has 80 valence electrons. The van der Waals surface area contributed by atoms with Crippen LogP contribution in [0.25, 0.3) is 0 Å². The zero-order valence-electron chi connectivity index (χ0n) is 8.42. The Morgan fingerprint density at radius 1 is 1.53 bits per heavy atom. The molecule has 5 heteroatoms. The SMILES string of the molecule is Cc1nn(Cc2cc(Br)cs2)c(C)c1Cl. The van der Waals surface area contributed by atoms with E-state index in [0.29, 0.717) is 0 Å². The molecule has 2 rings (SSSR count). The molecular weight excluding hydrogens is 296 g/mol. The molecule has 0 bridgehead atoms. The molecule has 0 saturated carbocycles. The lowest BCUT2D eigenvalue weighted by Gasteiger charge is -2.01. The molecule has 0 saturated heterocycles. The maximum atomic E-state index is 6.08. The standard InChI is InChI=1S/C10H10BrClN2S/c1-6-10(12)7(2)14(13-6)4-9-3-8(11)5-15-9/h3,5H,4H2,1-2H3. The number of nitrogens with zero attached hydrogens (tertiary/aromatic N) is 2. The van der Waals surface area contributed by atoms with E-state index < -0.39 is 0 Å². The first-order chi connectivity index (χ1) is 7.08. The quantitative estimate of drug-likeness (QED) is 0.819. The van der Waals surface area contributed by atoms with Crippen LogP contribution in [-0.4, -0.2) is 9.78 Å². The number of aryl methyl sites for hydroxylation is 1. The van der Waals surface area contributed by atoms with E-state index in [0.717, 1.165) is 27.4 Å². The van der Waals surface area contributed by atoms with E-state index in [9.17, 15) is 0 Å². The molecule has 0 radical (unpaired) electrons. The molecule has 0 N–H and O–H groups in total. The molecule has 0 spiro atoms. The van der Waals surface area contributed by atoms with Crippen molar-refractivity contribution in [3.63, 3.8) is 0 Å². The highest BCUT2D eigenvalue weighted by molar-refractivity contribution is 9.10. The Bertz CT molecular complexity index is 490. The van der Waals surface area contributed by atoms with Gasteiger partial charge in [-0.25, -0.2) is 0 Å². The van der Waals surface area contributed by atoms with Gasteiger partial charge >= 0.3 is 0 Å². The Morgan fingerprint density at radius 3 is 2.73 bits per heavy atom. The van der Waals surface area contributed by atoms with E-state index in [1.807, 2.05) is 18.5 Å². The van der Waals surface area contributed by atoms with Crippen LogP contribution in [0.3, 0.4) is 0 Å². The van der Waals surface area contributed by atoms with Crippen molar-refractivity contribution in [2.75, 3.05) is 0 Å². The molecule has 0 amide bonds. The van der Waals surface area contributed by atoms with Gasteiger partial charge in [0, 0.05) is 14.7 Å². The Kier molecular flexibility index (Phi) is 3.19. The predicted molar refractivity (Wildman–Crippen MR) is 67.8 cm³/mol. The van der Waals surface area contributed by atoms with Crippen LogP contribution in [0.4, 0.5) is 0 Å². The number of hydrogen-bond donors (Lipinski definition) is 0. The van der Waals surface area contributed by atoms with Gasteiger partial charge in [0.2, 0.25) is 0 Å². The summed E-state index contributed by atoms with van der Waals surface area (Å²) in [6.45, 7) is 4.71. The monoisotopic (exact) mass is 304 g/mol. The average Bonchev–Trinajstić information content (AvgIpc) is 2.68. The normalized spacial score (nSPS) is 10.9. The molecule has 15 heavy (non-hydrogen) atoms. The lowest BCUT2D eigenvalue weighted by Crippen LogP contribution is -2.02. The Labute approximate surface area is 106 Å². The number of aromatic nitrogens is 2. The van der Waals surface area contributed by atoms with E-state index in [1.54, 1.807) is 11.3 Å². The Morgan fingerprint density at radius 2 is 2.27 bits per heavy atom. The first kappa shape index (κ1) is 11.2. The van der Waals surface area contributed by atoms with Gasteiger partial charge in [0.1, 0.15) is 0 Å². The summed E-state index contributed by atoms with van der Waals surface area (Å²) < 4.78 is 3.06. The van der Waals surface area contributed by atoms with Crippen molar-refractivity contribution >= 4 is 38.9 Å². The summed E-state index contributed by atoms with van der Waals surface area (Å²) in [5.74, 6) is 0. The maximum absolute atomic E-state index is 6.08. The molecule has 2 aromatic heterocycles. The number of hydrogen-bond acceptors (Lipinski definition) is 2. The topological polar surface area (TPSA) is 17.8 Å². The van der Waals surface area contributed by atoms with Gasteiger partial charge in [0.15, 0.2) is 0 Å². The van der Waals surface area contributed by atoms with Crippen LogP contribution in [-0.2, 0) is 6.54 Å². The van der Waals surface area contributed by atoms with Crippen molar-refractivity contribution in [3.05, 3.63) is 37.2 Å². The highest BCUT2D eigenvalue weighted by Gasteiger charge is 2.09. The van der Waals surface area contributed by atoms with Crippen molar-refractivity contribution in [1.82, 2.24) is 9.78 Å². The van der Waals surface area contributed by atoms with Crippen LogP contribution in [0.1, 0.15) is 16.3 Å². The largest absolute Gasteiger partial charge is 0.263 e. The van der Waals surface area contributed by atoms with Crippen LogP contribution in [0.15, 0.2) is 15.9 Å². The second-order valence-corrected chi connectivity index (χ2v) is 5.66. The zero-order valence-corrected chi connectivity index (χ0v) is 11.6. The van der Waals surface area contributed by atoms with Crippen LogP contribution in [0.2, 0.25) is 5.02 Å². The first-order valence-corrected chi connectivity index (χ1v) is 6.55. The molecule has 2 heterocycles. The summed E-state index contributed by atoms with van der Waals surface area (Å²) in [6, 6.07) is 2.11. The Balaban J connectivity index is 2.28. The van der Waals surface area contributed by atoms with E-state index in [2.05, 4.69) is 32.5 Å². The van der Waals surface area contributed by atoms with Crippen LogP contribution < -0.4 is 0 Å². The van der Waals surface area contributed by atoms with E-state index in [-0.39, 0.29) is 0 Å². The molecule has 0 aromatic carbocycles. The minimum atomic E-state index is 0.769. The summed E-state index contributed by atoms with van der Waals surface area (Å²) in [5, 5.41) is 7.23. The van der Waals surface area contributed by atoms with Crippen molar-refractivity contribution in [3.8, 4) is 0 Å². The fourth-order valence-corrected chi connectivity index (χ4v) is 2.98. The molecular formula is C10H10BrClN2S. The molecule has 0 aliphatic rings. The first-order valence-electron chi connectivity index (χ1n) is 4.50. The summed E-state index contributed by atoms with van der Waals surface area (Å²) in [4.78, 5) is 1.27. The predicted octanol–water partition coefficient (Wildman–Crippen LogP) is 4.03. The summed E-state index contributed by atoms with van der Waals surface area (Å²) in [7, 11) is 0. The molecule has 0 atom stereocenters. The number of halogens is 2. The molecule has 0 unspecified atom stereocenters. The second kappa shape index (κ2) is 4.28. The van der Waals surface area contributed by atoms with E-state index in [4.69, 9.17) is 11.6 Å². The summed E-state index contributed by atoms with van der Waals surface area (Å²) in [5.41, 5.74) is 1.92. The third-order valence-corrected chi connectivity index (χ3v) is 4.45. The minimum Gasteiger partial charge on any atom is -0.263 e. The molecule has 0 fully saturated rings. The van der Waals surface area contributed by atoms with Gasteiger partial charge in [-0.3, -0.25) is 4.68 Å². The lowest BCUT2D eigenvalue weighted by molar-refractivity contribution is 0.666. The van der Waals surface area contributed by atoms with Crippen molar-refractivity contribution < 1.29 is 0 Å². The molecule has 2 nitrogen and oxygen atoms in total. The third-order valence-electron chi connectivity index (χ3n) is 2.22. The summed E-state index contributed by atoms with van der Waals surface area (Å²) >= 11 is 11.2. The highest BCUT2D eigenvalue weighted by Crippen LogP contribution is 2.23. The fourth-order valence-electron chi connectivity index (χ4n) is 1.41. The Hall–Kier alpha value is -0.320. The highest BCUT2D eigenvalue weighted by atomic mass is 79.9. The van der Waals surface area contributed by atoms with E-state index >= 15 is 0 Å². The minimum absolute atomic E-state index is 0.769. The third kappa shape index (κ3) is 2.27. The van der Waals surface area contributed by atoms with Gasteiger partial charge in [0.05, 0.1) is 23.0 Å². The van der Waals surface area contributed by atoms with Crippen LogP contribution in [0, 0.1) is 13.8 Å². The number of rotatable bonds is 2. The number of thiophene rings is 1. The molecule has 0 aliphatic heterocycles. The second-order valence-electron chi connectivity index (χ2n) is 3.37. The van der Waals surface area contributed by atoms with Crippen LogP contribution >= 0.6 is 38.9 Å². The molecule has 0 aliphatic carbocycles. The maximum Gasteiger partial charge on any atom is 0.0844 e. The van der Waals surface area contributed by atoms with Gasteiger partial charge in [-0.15, -0.1) is 11.3 Å². The fraction of sp³-hybridized carbons (Fsp3) is 0.300. The summed E-state index contributed by atoms with van der Waals surface area (Å²) in [6.07, 6.45) is 0. The molecule has 2 aromatic rings. The van der Waals surface area contributed by atoms with Crippen molar-refractivity contribution in [1.29, 1.82) is 0 Å². The van der Waals surface area contributed by atoms with Gasteiger partial charge < -0.3 is 0 Å². The van der Waals surface area contributed by atoms with Gasteiger partial charge in [-0.2, -0.15) is 5.10 Å². The van der Waals surface area contributed by atoms with Gasteiger partial charge in [-0.05, 0) is 35.8 Å².